The van der Waals surface area contributed by atoms with Gasteiger partial charge in [0.1, 0.15) is 5.75 Å². The van der Waals surface area contributed by atoms with Crippen molar-refractivity contribution in [3.8, 4) is 5.75 Å². The van der Waals surface area contributed by atoms with Gasteiger partial charge in [-0.3, -0.25) is 0 Å². The van der Waals surface area contributed by atoms with E-state index in [-0.39, 0.29) is 5.97 Å². The van der Waals surface area contributed by atoms with E-state index in [0.29, 0.717) is 6.61 Å². The van der Waals surface area contributed by atoms with Crippen molar-refractivity contribution in [2.45, 2.75) is 39.5 Å². The molecule has 1 aromatic carbocycles. The average Bonchev–Trinajstić information content (AvgIpc) is 2.43. The Labute approximate surface area is 121 Å². The summed E-state index contributed by atoms with van der Waals surface area (Å²) in [6, 6.07) is 6.22. The highest BCUT2D eigenvalue weighted by molar-refractivity contribution is 5.81. The molecule has 0 radical (unpaired) electrons. The van der Waals surface area contributed by atoms with Crippen molar-refractivity contribution >= 4 is 5.97 Å². The van der Waals surface area contributed by atoms with Crippen LogP contribution in [0, 0.1) is 13.8 Å². The van der Waals surface area contributed by atoms with Gasteiger partial charge in [0, 0.05) is 6.08 Å². The fourth-order valence-corrected chi connectivity index (χ4v) is 1.93. The molecular formula is C17H24O3. The van der Waals surface area contributed by atoms with Crippen molar-refractivity contribution in [3.05, 3.63) is 42.0 Å². The van der Waals surface area contributed by atoms with Gasteiger partial charge < -0.3 is 9.47 Å². The van der Waals surface area contributed by atoms with E-state index in [1.165, 1.54) is 17.2 Å². The van der Waals surface area contributed by atoms with Crippen LogP contribution >= 0.6 is 0 Å². The first-order valence-corrected chi connectivity index (χ1v) is 7.12. The minimum atomic E-state index is -0.344. The Kier molecular flexibility index (Phi) is 7.48. The molecule has 0 aliphatic rings. The van der Waals surface area contributed by atoms with Crippen LogP contribution in [-0.4, -0.2) is 19.2 Å². The molecule has 0 atom stereocenters. The quantitative estimate of drug-likeness (QED) is 0.389. The van der Waals surface area contributed by atoms with E-state index in [2.05, 4.69) is 32.6 Å². The molecule has 0 saturated carbocycles. The summed E-state index contributed by atoms with van der Waals surface area (Å²) < 4.78 is 10.7. The number of unbranched alkanes of at least 4 members (excludes halogenated alkanes) is 3. The number of hydrogen-bond acceptors (Lipinski definition) is 3. The fraction of sp³-hybridized carbons (Fsp3) is 0.471. The first kappa shape index (κ1) is 16.3. The molecule has 0 spiro atoms. The van der Waals surface area contributed by atoms with E-state index in [9.17, 15) is 4.79 Å². The SMILES string of the molecule is C=CC(=O)OCCCCCCOc1ccc(C)cc1C. The summed E-state index contributed by atoms with van der Waals surface area (Å²) in [6.45, 7) is 8.70. The summed E-state index contributed by atoms with van der Waals surface area (Å²) >= 11 is 0. The Hall–Kier alpha value is -1.77. The molecule has 0 fully saturated rings. The molecule has 0 N–H and O–H groups in total. The van der Waals surface area contributed by atoms with Crippen LogP contribution in [0.3, 0.4) is 0 Å². The smallest absolute Gasteiger partial charge is 0.330 e. The Morgan fingerprint density at radius 1 is 1.15 bits per heavy atom. The van der Waals surface area contributed by atoms with Crippen molar-refractivity contribution in [2.24, 2.45) is 0 Å². The molecule has 0 saturated heterocycles. The van der Waals surface area contributed by atoms with Crippen LogP contribution in [0.5, 0.6) is 5.75 Å². The summed E-state index contributed by atoms with van der Waals surface area (Å²) in [5.41, 5.74) is 2.44. The van der Waals surface area contributed by atoms with Crippen LogP contribution < -0.4 is 4.74 Å². The molecule has 0 heterocycles. The number of ether oxygens (including phenoxy) is 2. The predicted octanol–water partition coefficient (Wildman–Crippen LogP) is 3.97. The van der Waals surface area contributed by atoms with Crippen LogP contribution in [0.4, 0.5) is 0 Å². The highest BCUT2D eigenvalue weighted by Gasteiger charge is 1.99. The molecule has 0 unspecified atom stereocenters. The standard InChI is InChI=1S/C17H24O3/c1-4-17(18)20-12-8-6-5-7-11-19-16-10-9-14(2)13-15(16)3/h4,9-10,13H,1,5-8,11-12H2,2-3H3. The number of benzene rings is 1. The third-order valence-corrected chi connectivity index (χ3v) is 3.04. The van der Waals surface area contributed by atoms with Crippen LogP contribution in [0.1, 0.15) is 36.8 Å². The third kappa shape index (κ3) is 6.41. The molecule has 0 amide bonds. The Bertz CT molecular complexity index is 438. The third-order valence-electron chi connectivity index (χ3n) is 3.04. The van der Waals surface area contributed by atoms with Crippen molar-refractivity contribution in [1.29, 1.82) is 0 Å². The molecule has 20 heavy (non-hydrogen) atoms. The zero-order valence-electron chi connectivity index (χ0n) is 12.5. The highest BCUT2D eigenvalue weighted by Crippen LogP contribution is 2.19. The second kappa shape index (κ2) is 9.18. The fourth-order valence-electron chi connectivity index (χ4n) is 1.93. The second-order valence-electron chi connectivity index (χ2n) is 4.90. The maximum absolute atomic E-state index is 10.8. The van der Waals surface area contributed by atoms with Crippen molar-refractivity contribution < 1.29 is 14.3 Å². The number of hydrogen-bond donors (Lipinski definition) is 0. The molecule has 3 heteroatoms. The lowest BCUT2D eigenvalue weighted by molar-refractivity contribution is -0.137. The predicted molar refractivity (Wildman–Crippen MR) is 81.0 cm³/mol. The van der Waals surface area contributed by atoms with Crippen molar-refractivity contribution in [1.82, 2.24) is 0 Å². The Morgan fingerprint density at radius 3 is 2.50 bits per heavy atom. The monoisotopic (exact) mass is 276 g/mol. The molecule has 110 valence electrons. The lowest BCUT2D eigenvalue weighted by Crippen LogP contribution is -2.02. The van der Waals surface area contributed by atoms with Gasteiger partial charge in [-0.15, -0.1) is 0 Å². The van der Waals surface area contributed by atoms with Gasteiger partial charge in [0.05, 0.1) is 13.2 Å². The van der Waals surface area contributed by atoms with Crippen LogP contribution in [0.15, 0.2) is 30.9 Å². The van der Waals surface area contributed by atoms with Crippen molar-refractivity contribution in [3.63, 3.8) is 0 Å². The summed E-state index contributed by atoms with van der Waals surface area (Å²) in [7, 11) is 0. The lowest BCUT2D eigenvalue weighted by atomic mass is 10.1. The lowest BCUT2D eigenvalue weighted by Gasteiger charge is -2.09. The van der Waals surface area contributed by atoms with E-state index < -0.39 is 0 Å². The summed E-state index contributed by atoms with van der Waals surface area (Å²) in [5.74, 6) is 0.624. The van der Waals surface area contributed by atoms with E-state index in [0.717, 1.165) is 38.0 Å². The molecule has 1 aromatic rings. The van der Waals surface area contributed by atoms with Gasteiger partial charge >= 0.3 is 5.97 Å². The Morgan fingerprint density at radius 2 is 1.85 bits per heavy atom. The molecule has 3 nitrogen and oxygen atoms in total. The zero-order chi connectivity index (χ0) is 14.8. The van der Waals surface area contributed by atoms with Gasteiger partial charge in [-0.25, -0.2) is 4.79 Å². The van der Waals surface area contributed by atoms with Crippen LogP contribution in [0.2, 0.25) is 0 Å². The van der Waals surface area contributed by atoms with Gasteiger partial charge in [-0.2, -0.15) is 0 Å². The minimum absolute atomic E-state index is 0.344. The van der Waals surface area contributed by atoms with Gasteiger partial charge in [0.15, 0.2) is 0 Å². The number of carbonyl (C=O) groups is 1. The second-order valence-corrected chi connectivity index (χ2v) is 4.90. The number of aryl methyl sites for hydroxylation is 2. The molecule has 1 rings (SSSR count). The summed E-state index contributed by atoms with van der Waals surface area (Å²) in [4.78, 5) is 10.8. The van der Waals surface area contributed by atoms with Crippen molar-refractivity contribution in [2.75, 3.05) is 13.2 Å². The topological polar surface area (TPSA) is 35.5 Å². The summed E-state index contributed by atoms with van der Waals surface area (Å²) in [5, 5.41) is 0. The number of esters is 1. The number of carbonyl (C=O) groups excluding carboxylic acids is 1. The molecule has 0 aromatic heterocycles. The normalized spacial score (nSPS) is 10.1. The summed E-state index contributed by atoms with van der Waals surface area (Å²) in [6.07, 6.45) is 5.22. The highest BCUT2D eigenvalue weighted by atomic mass is 16.5. The van der Waals surface area contributed by atoms with E-state index >= 15 is 0 Å². The van der Waals surface area contributed by atoms with Crippen LogP contribution in [-0.2, 0) is 9.53 Å². The maximum atomic E-state index is 10.8. The number of rotatable bonds is 9. The van der Waals surface area contributed by atoms with Gasteiger partial charge in [0.25, 0.3) is 0 Å². The van der Waals surface area contributed by atoms with E-state index in [4.69, 9.17) is 9.47 Å². The molecule has 0 bridgehead atoms. The van der Waals surface area contributed by atoms with Gasteiger partial charge in [0.2, 0.25) is 0 Å². The molecular weight excluding hydrogens is 252 g/mol. The average molecular weight is 276 g/mol. The minimum Gasteiger partial charge on any atom is -0.493 e. The zero-order valence-corrected chi connectivity index (χ0v) is 12.5. The largest absolute Gasteiger partial charge is 0.493 e. The molecule has 0 aliphatic heterocycles. The van der Waals surface area contributed by atoms with Gasteiger partial charge in [-0.1, -0.05) is 24.3 Å². The van der Waals surface area contributed by atoms with E-state index in [1.54, 1.807) is 0 Å². The Balaban J connectivity index is 2.05. The van der Waals surface area contributed by atoms with Crippen LogP contribution in [0.25, 0.3) is 0 Å². The van der Waals surface area contributed by atoms with E-state index in [1.807, 2.05) is 6.07 Å². The molecule has 0 aliphatic carbocycles. The maximum Gasteiger partial charge on any atom is 0.330 e. The first-order chi connectivity index (χ1) is 9.63. The van der Waals surface area contributed by atoms with Gasteiger partial charge in [-0.05, 0) is 51.2 Å². The first-order valence-electron chi connectivity index (χ1n) is 7.12.